The Balaban J connectivity index is 0. The molecule has 4 rings (SSSR count). The van der Waals surface area contributed by atoms with E-state index >= 15 is 0 Å². The van der Waals surface area contributed by atoms with Crippen LogP contribution >= 0.6 is 15.7 Å². The largest absolute Gasteiger partial charge is 2.00 e. The Kier molecular flexibility index (Phi) is 21.0. The minimum absolute atomic E-state index is 0. The molecule has 1 fully saturated rings. The fourth-order valence-corrected chi connectivity index (χ4v) is 5.62. The first-order valence-corrected chi connectivity index (χ1v) is 15.3. The first kappa shape index (κ1) is 43.1. The predicted octanol–water partition coefficient (Wildman–Crippen LogP) is 8.54. The Labute approximate surface area is 261 Å². The van der Waals surface area contributed by atoms with Crippen molar-refractivity contribution in [1.29, 1.82) is 0 Å². The van der Waals surface area contributed by atoms with Crippen molar-refractivity contribution in [2.75, 3.05) is 20.8 Å². The molecule has 0 unspecified atom stereocenters. The van der Waals surface area contributed by atoms with Crippen LogP contribution in [0.3, 0.4) is 0 Å². The third-order valence-corrected chi connectivity index (χ3v) is 7.40. The van der Waals surface area contributed by atoms with E-state index in [4.69, 9.17) is 18.8 Å². The van der Waals surface area contributed by atoms with E-state index in [0.29, 0.717) is 0 Å². The van der Waals surface area contributed by atoms with Gasteiger partial charge in [-0.3, -0.25) is 0 Å². The molecule has 1 saturated carbocycles. The summed E-state index contributed by atoms with van der Waals surface area (Å²) >= 11 is 0. The molecule has 0 heterocycles. The number of ether oxygens (including phenoxy) is 2. The molecule has 0 amide bonds. The molecule has 3 aromatic carbocycles. The molecule has 3 aromatic rings. The number of halogens is 6. The average Bonchev–Trinajstić information content (AvgIpc) is 2.99. The van der Waals surface area contributed by atoms with Crippen LogP contribution in [0.25, 0.3) is 0 Å². The molecular formula is C30H30F6FeO4P2+. The van der Waals surface area contributed by atoms with E-state index in [1.165, 1.54) is 21.8 Å². The summed E-state index contributed by atoms with van der Waals surface area (Å²) in [5, 5.41) is 4.19. The minimum Gasteiger partial charge on any atom is -0.0622 e. The first-order valence-electron chi connectivity index (χ1n) is 11.9. The minimum atomic E-state index is -10.7. The molecule has 1 aliphatic carbocycles. The van der Waals surface area contributed by atoms with Gasteiger partial charge in [0.2, 0.25) is 0 Å². The van der Waals surface area contributed by atoms with Crippen molar-refractivity contribution in [3.63, 3.8) is 0 Å². The molecule has 4 nitrogen and oxygen atoms in total. The molecule has 0 aliphatic heterocycles. The standard InChI is InChI=1S/C18H15P.C10H15O2.2CO.F6P.Fe/c1-4-10-16(11-5-1)19(17-12-6-2-7-13-17)18-14-8-3-9-15-18;1-11-8-7-9-3-5-10(12-2)6-4-9;2*1-2;1-7(2,3,4,5)6;/h1-15H;3,5-6H,4,7-8H2,1-2H3;;;;/q;;;;-1;+2. The SMILES string of the molecule is COCC[C]1[CH][CH][C](OC)[CH]C1.F[P-](F)(F)(F)(F)F.[C-]#[O+].[C-]#[O+].[Fe+2].c1ccc(P(c2ccccc2)c2ccccc2)cc1. The Morgan fingerprint density at radius 2 is 1.02 bits per heavy atom. The van der Waals surface area contributed by atoms with Crippen LogP contribution in [-0.2, 0) is 35.8 Å². The van der Waals surface area contributed by atoms with Crippen molar-refractivity contribution in [3.05, 3.63) is 136 Å². The summed E-state index contributed by atoms with van der Waals surface area (Å²) in [6.07, 6.45) is 9.15. The van der Waals surface area contributed by atoms with Gasteiger partial charge in [0, 0.05) is 27.2 Å². The van der Waals surface area contributed by atoms with Gasteiger partial charge in [-0.25, -0.2) is 0 Å². The van der Waals surface area contributed by atoms with Crippen molar-refractivity contribution < 1.29 is 61.0 Å². The summed E-state index contributed by atoms with van der Waals surface area (Å²) in [5.74, 6) is 1.40. The van der Waals surface area contributed by atoms with Crippen LogP contribution in [0.5, 0.6) is 0 Å². The number of methoxy groups -OCH3 is 2. The van der Waals surface area contributed by atoms with Crippen molar-refractivity contribution in [2.45, 2.75) is 12.8 Å². The Morgan fingerprint density at radius 3 is 1.28 bits per heavy atom. The third-order valence-electron chi connectivity index (χ3n) is 4.95. The molecule has 0 bridgehead atoms. The predicted molar refractivity (Wildman–Crippen MR) is 154 cm³/mol. The maximum absolute atomic E-state index is 10.7. The van der Waals surface area contributed by atoms with Gasteiger partial charge in [-0.1, -0.05) is 91.0 Å². The smallest absolute Gasteiger partial charge is 0.0622 e. The van der Waals surface area contributed by atoms with Gasteiger partial charge in [-0.15, -0.1) is 0 Å². The van der Waals surface area contributed by atoms with Gasteiger partial charge in [0.1, 0.15) is 6.10 Å². The van der Waals surface area contributed by atoms with Gasteiger partial charge >= 0.3 is 72.7 Å². The molecule has 0 N–H and O–H groups in total. The molecule has 0 aromatic heterocycles. The Hall–Kier alpha value is -1.98. The van der Waals surface area contributed by atoms with Crippen LogP contribution in [0, 0.1) is 44.6 Å². The maximum Gasteiger partial charge on any atom is 2.00 e. The number of benzene rings is 3. The summed E-state index contributed by atoms with van der Waals surface area (Å²) in [6.45, 7) is 9.80. The third kappa shape index (κ3) is 23.1. The molecule has 1 aliphatic rings. The van der Waals surface area contributed by atoms with E-state index in [0.717, 1.165) is 25.6 Å². The van der Waals surface area contributed by atoms with Gasteiger partial charge in [-0.05, 0) is 55.4 Å². The van der Waals surface area contributed by atoms with Gasteiger partial charge in [0.25, 0.3) is 0 Å². The summed E-state index contributed by atoms with van der Waals surface area (Å²) in [7, 11) is -7.69. The molecule has 0 spiro atoms. The van der Waals surface area contributed by atoms with E-state index in [-0.39, 0.29) is 17.1 Å². The topological polar surface area (TPSA) is 58.3 Å². The van der Waals surface area contributed by atoms with E-state index in [1.807, 2.05) is 6.42 Å². The van der Waals surface area contributed by atoms with E-state index in [9.17, 15) is 25.2 Å². The number of hydrogen-bond donors (Lipinski definition) is 0. The Bertz CT molecular complexity index is 1040. The second-order valence-corrected chi connectivity index (χ2v) is 12.2. The fourth-order valence-electron chi connectivity index (χ4n) is 3.32. The van der Waals surface area contributed by atoms with Crippen LogP contribution in [0.4, 0.5) is 25.2 Å². The molecule has 13 heteroatoms. The quantitative estimate of drug-likeness (QED) is 0.0823. The monoisotopic (exact) mass is 686 g/mol. The van der Waals surface area contributed by atoms with E-state index in [2.05, 4.69) is 117 Å². The van der Waals surface area contributed by atoms with Crippen LogP contribution in [0.15, 0.2) is 91.0 Å². The summed E-state index contributed by atoms with van der Waals surface area (Å²) < 4.78 is 84.3. The van der Waals surface area contributed by atoms with Crippen molar-refractivity contribution in [3.8, 4) is 0 Å². The zero-order valence-electron chi connectivity index (χ0n) is 23.2. The molecular weight excluding hydrogens is 656 g/mol. The molecule has 43 heavy (non-hydrogen) atoms. The molecule has 0 atom stereocenters. The van der Waals surface area contributed by atoms with Gasteiger partial charge in [0.05, 0.1) is 0 Å². The number of rotatable bonds is 7. The van der Waals surface area contributed by atoms with Gasteiger partial charge < -0.3 is 9.47 Å². The molecule has 5 radical (unpaired) electrons. The first-order chi connectivity index (χ1) is 19.8. The van der Waals surface area contributed by atoms with Crippen molar-refractivity contribution >= 4 is 31.6 Å². The van der Waals surface area contributed by atoms with Crippen LogP contribution < -0.4 is 15.9 Å². The zero-order valence-corrected chi connectivity index (χ0v) is 26.1. The zero-order chi connectivity index (χ0) is 32.1. The van der Waals surface area contributed by atoms with Crippen LogP contribution in [0.2, 0.25) is 0 Å². The number of hydrogen-bond acceptors (Lipinski definition) is 2. The van der Waals surface area contributed by atoms with Crippen LogP contribution in [0.1, 0.15) is 12.8 Å². The summed E-state index contributed by atoms with van der Waals surface area (Å²) in [6, 6.07) is 32.3. The van der Waals surface area contributed by atoms with E-state index < -0.39 is 15.7 Å². The maximum atomic E-state index is 9.87. The fraction of sp³-hybridized carbons (Fsp3) is 0.167. The van der Waals surface area contributed by atoms with Gasteiger partial charge in [-0.2, -0.15) is 0 Å². The Morgan fingerprint density at radius 1 is 0.674 bits per heavy atom. The molecule has 233 valence electrons. The van der Waals surface area contributed by atoms with Gasteiger partial charge in [0.15, 0.2) is 0 Å². The second kappa shape index (κ2) is 20.9. The second-order valence-electron chi connectivity index (χ2n) is 8.05. The molecule has 0 saturated heterocycles. The van der Waals surface area contributed by atoms with Crippen LogP contribution in [-0.4, -0.2) is 20.8 Å². The van der Waals surface area contributed by atoms with Crippen molar-refractivity contribution in [1.82, 2.24) is 0 Å². The summed E-state index contributed by atoms with van der Waals surface area (Å²) in [4.78, 5) is 0. The normalized spacial score (nSPS) is 14.5. The van der Waals surface area contributed by atoms with E-state index in [1.54, 1.807) is 14.2 Å². The summed E-state index contributed by atoms with van der Waals surface area (Å²) in [5.41, 5.74) is 0. The average molecular weight is 686 g/mol. The van der Waals surface area contributed by atoms with Crippen molar-refractivity contribution in [2.24, 2.45) is 0 Å².